The van der Waals surface area contributed by atoms with Crippen molar-refractivity contribution in [3.8, 4) is 0 Å². The number of amides is 1. The van der Waals surface area contributed by atoms with Gasteiger partial charge in [-0.2, -0.15) is 0 Å². The Kier molecular flexibility index (Phi) is 4.49. The maximum absolute atomic E-state index is 13.7. The molecule has 0 unspecified atom stereocenters. The molecule has 3 aliphatic rings. The van der Waals surface area contributed by atoms with Gasteiger partial charge in [0.1, 0.15) is 11.4 Å². The van der Waals surface area contributed by atoms with E-state index >= 15 is 0 Å². The van der Waals surface area contributed by atoms with E-state index in [-0.39, 0.29) is 40.0 Å². The van der Waals surface area contributed by atoms with Crippen LogP contribution >= 0.6 is 11.3 Å². The standard InChI is InChI=1S/C25H26N2O3S/c1-24(2)11-15-12-25(3,13-24)14-27(15)20-19(26-23(30)18-9-6-10-31-18)21(28)16-7-4-5-8-17(16)22(20)29/h4-10,15H,11-14H2,1-3H3,(H,26,30)/t15-,25+/m0/s1. The summed E-state index contributed by atoms with van der Waals surface area (Å²) in [5.41, 5.74) is 1.51. The fourth-order valence-electron chi connectivity index (χ4n) is 6.06. The fraction of sp³-hybridized carbons (Fsp3) is 0.400. The number of hydrogen-bond acceptors (Lipinski definition) is 5. The minimum absolute atomic E-state index is 0.0859. The molecule has 1 saturated carbocycles. The minimum atomic E-state index is -0.350. The molecule has 2 atom stereocenters. The molecule has 1 saturated heterocycles. The Bertz CT molecular complexity index is 1130. The van der Waals surface area contributed by atoms with Gasteiger partial charge in [0.05, 0.1) is 4.88 Å². The van der Waals surface area contributed by atoms with Crippen LogP contribution < -0.4 is 5.32 Å². The maximum atomic E-state index is 13.7. The normalized spacial score (nSPS) is 26.8. The third-order valence-corrected chi connectivity index (χ3v) is 7.65. The number of hydrogen-bond donors (Lipinski definition) is 1. The Morgan fingerprint density at radius 3 is 2.42 bits per heavy atom. The zero-order chi connectivity index (χ0) is 22.0. The molecule has 1 N–H and O–H groups in total. The van der Waals surface area contributed by atoms with Crippen LogP contribution in [-0.4, -0.2) is 35.0 Å². The van der Waals surface area contributed by atoms with Crippen molar-refractivity contribution >= 4 is 28.8 Å². The highest BCUT2D eigenvalue weighted by molar-refractivity contribution is 7.12. The first kappa shape index (κ1) is 20.2. The molecule has 160 valence electrons. The number of benzene rings is 1. The molecule has 2 aromatic rings. The molecule has 1 aromatic heterocycles. The second-order valence-electron chi connectivity index (χ2n) is 10.2. The maximum Gasteiger partial charge on any atom is 0.265 e. The molecular weight excluding hydrogens is 408 g/mol. The van der Waals surface area contributed by atoms with E-state index in [0.717, 1.165) is 25.8 Å². The van der Waals surface area contributed by atoms with E-state index < -0.39 is 0 Å². The lowest BCUT2D eigenvalue weighted by molar-refractivity contribution is 0.0894. The van der Waals surface area contributed by atoms with E-state index in [1.165, 1.54) is 11.3 Å². The molecule has 5 rings (SSSR count). The van der Waals surface area contributed by atoms with E-state index in [2.05, 4.69) is 31.0 Å². The number of thiophene rings is 1. The number of Topliss-reactive ketones (excluding diaryl/α,β-unsaturated/α-hetero) is 2. The summed E-state index contributed by atoms with van der Waals surface area (Å²) >= 11 is 1.31. The van der Waals surface area contributed by atoms with Crippen LogP contribution in [0.1, 0.15) is 70.4 Å². The van der Waals surface area contributed by atoms with Crippen molar-refractivity contribution in [3.63, 3.8) is 0 Å². The van der Waals surface area contributed by atoms with Crippen LogP contribution in [0.5, 0.6) is 0 Å². The predicted octanol–water partition coefficient (Wildman–Crippen LogP) is 4.67. The van der Waals surface area contributed by atoms with Crippen LogP contribution in [-0.2, 0) is 0 Å². The first-order chi connectivity index (χ1) is 14.7. The lowest BCUT2D eigenvalue weighted by Gasteiger charge is -2.40. The van der Waals surface area contributed by atoms with Crippen molar-refractivity contribution in [1.82, 2.24) is 10.2 Å². The van der Waals surface area contributed by atoms with Crippen LogP contribution in [0.4, 0.5) is 0 Å². The van der Waals surface area contributed by atoms with Gasteiger partial charge in [-0.25, -0.2) is 0 Å². The van der Waals surface area contributed by atoms with Gasteiger partial charge in [0.15, 0.2) is 0 Å². The molecule has 0 spiro atoms. The highest BCUT2D eigenvalue weighted by Crippen LogP contribution is 2.54. The summed E-state index contributed by atoms with van der Waals surface area (Å²) in [5.74, 6) is -0.816. The number of fused-ring (bicyclic) bond motifs is 3. The lowest BCUT2D eigenvalue weighted by atomic mass is 9.65. The van der Waals surface area contributed by atoms with Gasteiger partial charge in [0.25, 0.3) is 5.91 Å². The van der Waals surface area contributed by atoms with E-state index in [4.69, 9.17) is 0 Å². The fourth-order valence-corrected chi connectivity index (χ4v) is 6.68. The summed E-state index contributed by atoms with van der Waals surface area (Å²) in [6.45, 7) is 7.54. The minimum Gasteiger partial charge on any atom is -0.363 e. The molecular formula is C25H26N2O3S. The molecule has 2 fully saturated rings. The average molecular weight is 435 g/mol. The third kappa shape index (κ3) is 3.33. The summed E-state index contributed by atoms with van der Waals surface area (Å²) in [4.78, 5) is 42.7. The summed E-state index contributed by atoms with van der Waals surface area (Å²) < 4.78 is 0. The van der Waals surface area contributed by atoms with Gasteiger partial charge < -0.3 is 10.2 Å². The number of rotatable bonds is 3. The molecule has 2 aliphatic carbocycles. The number of carbonyl (C=O) groups is 3. The van der Waals surface area contributed by atoms with E-state index in [9.17, 15) is 14.4 Å². The number of nitrogens with one attached hydrogen (secondary N) is 1. The van der Waals surface area contributed by atoms with Gasteiger partial charge in [-0.05, 0) is 41.5 Å². The molecule has 0 radical (unpaired) electrons. The molecule has 2 bridgehead atoms. The quantitative estimate of drug-likeness (QED) is 0.762. The monoisotopic (exact) mass is 434 g/mol. The van der Waals surface area contributed by atoms with E-state index in [1.54, 1.807) is 36.4 Å². The highest BCUT2D eigenvalue weighted by Gasteiger charge is 2.52. The second kappa shape index (κ2) is 6.89. The van der Waals surface area contributed by atoms with Crippen LogP contribution in [0.2, 0.25) is 0 Å². The Balaban J connectivity index is 1.62. The SMILES string of the molecule is CC1(C)C[C@H]2C[C@@](C)(CN2C2=C(NC(=O)c3cccs3)C(=O)c3ccccc3C2=O)C1. The Morgan fingerprint density at radius 1 is 1.03 bits per heavy atom. The largest absolute Gasteiger partial charge is 0.363 e. The smallest absolute Gasteiger partial charge is 0.265 e. The molecule has 1 amide bonds. The van der Waals surface area contributed by atoms with Crippen molar-refractivity contribution < 1.29 is 14.4 Å². The van der Waals surface area contributed by atoms with Crippen molar-refractivity contribution in [2.75, 3.05) is 6.54 Å². The van der Waals surface area contributed by atoms with Gasteiger partial charge >= 0.3 is 0 Å². The van der Waals surface area contributed by atoms with Gasteiger partial charge in [-0.1, -0.05) is 51.1 Å². The molecule has 6 heteroatoms. The molecule has 5 nitrogen and oxygen atoms in total. The van der Waals surface area contributed by atoms with E-state index in [1.807, 2.05) is 5.38 Å². The molecule has 2 heterocycles. The van der Waals surface area contributed by atoms with Crippen LogP contribution in [0.25, 0.3) is 0 Å². The predicted molar refractivity (Wildman–Crippen MR) is 120 cm³/mol. The second-order valence-corrected chi connectivity index (χ2v) is 11.1. The third-order valence-electron chi connectivity index (χ3n) is 6.78. The van der Waals surface area contributed by atoms with Crippen molar-refractivity contribution in [3.05, 3.63) is 69.2 Å². The first-order valence-electron chi connectivity index (χ1n) is 10.7. The topological polar surface area (TPSA) is 66.5 Å². The van der Waals surface area contributed by atoms with Crippen LogP contribution in [0, 0.1) is 10.8 Å². The Morgan fingerprint density at radius 2 is 1.74 bits per heavy atom. The summed E-state index contributed by atoms with van der Waals surface area (Å²) in [6.07, 6.45) is 3.03. The number of allylic oxidation sites excluding steroid dienone is 2. The number of nitrogens with zero attached hydrogens (tertiary/aromatic N) is 1. The van der Waals surface area contributed by atoms with Gasteiger partial charge in [0, 0.05) is 23.7 Å². The van der Waals surface area contributed by atoms with E-state index in [0.29, 0.717) is 21.7 Å². The summed E-state index contributed by atoms with van der Waals surface area (Å²) in [6, 6.07) is 10.6. The van der Waals surface area contributed by atoms with Gasteiger partial charge in [-0.3, -0.25) is 14.4 Å². The highest BCUT2D eigenvalue weighted by atomic mass is 32.1. The van der Waals surface area contributed by atoms with Crippen LogP contribution in [0.15, 0.2) is 53.2 Å². The van der Waals surface area contributed by atoms with Crippen molar-refractivity contribution in [2.24, 2.45) is 10.8 Å². The lowest BCUT2D eigenvalue weighted by Crippen LogP contribution is -2.42. The van der Waals surface area contributed by atoms with Crippen molar-refractivity contribution in [2.45, 2.75) is 46.1 Å². The number of likely N-dealkylation sites (tertiary alicyclic amines) is 1. The molecule has 1 aliphatic heterocycles. The molecule has 1 aromatic carbocycles. The van der Waals surface area contributed by atoms with Crippen LogP contribution in [0.3, 0.4) is 0 Å². The first-order valence-corrected chi connectivity index (χ1v) is 11.6. The summed E-state index contributed by atoms with van der Waals surface area (Å²) in [7, 11) is 0. The van der Waals surface area contributed by atoms with Gasteiger partial charge in [0.2, 0.25) is 11.6 Å². The van der Waals surface area contributed by atoms with Crippen molar-refractivity contribution in [1.29, 1.82) is 0 Å². The Labute approximate surface area is 186 Å². The molecule has 31 heavy (non-hydrogen) atoms. The average Bonchev–Trinajstić information content (AvgIpc) is 3.32. The number of carbonyl (C=O) groups excluding carboxylic acids is 3. The van der Waals surface area contributed by atoms with Gasteiger partial charge in [-0.15, -0.1) is 11.3 Å². The Hall–Kier alpha value is -2.73. The zero-order valence-corrected chi connectivity index (χ0v) is 18.8. The summed E-state index contributed by atoms with van der Waals surface area (Å²) in [5, 5.41) is 4.64. The number of ketones is 2. The zero-order valence-electron chi connectivity index (χ0n) is 18.0.